The van der Waals surface area contributed by atoms with Gasteiger partial charge in [0.1, 0.15) is 23.3 Å². The summed E-state index contributed by atoms with van der Waals surface area (Å²) >= 11 is 0. The highest BCUT2D eigenvalue weighted by Crippen LogP contribution is 2.31. The van der Waals surface area contributed by atoms with Gasteiger partial charge in [-0.1, -0.05) is 30.3 Å². The third-order valence-corrected chi connectivity index (χ3v) is 3.43. The van der Waals surface area contributed by atoms with E-state index in [1.807, 2.05) is 18.2 Å². The van der Waals surface area contributed by atoms with Gasteiger partial charge in [-0.05, 0) is 12.1 Å². The van der Waals surface area contributed by atoms with Crippen molar-refractivity contribution in [3.05, 3.63) is 65.7 Å². The first-order valence-electron chi connectivity index (χ1n) is 7.14. The topological polar surface area (TPSA) is 61.6 Å². The van der Waals surface area contributed by atoms with Gasteiger partial charge in [-0.25, -0.2) is 18.7 Å². The van der Waals surface area contributed by atoms with Gasteiger partial charge in [0.25, 0.3) is 0 Å². The predicted molar refractivity (Wildman–Crippen MR) is 87.1 cm³/mol. The molecule has 0 aliphatic carbocycles. The van der Waals surface area contributed by atoms with Crippen LogP contribution in [0.3, 0.4) is 0 Å². The Morgan fingerprint density at radius 3 is 2.04 bits per heavy atom. The van der Waals surface area contributed by atoms with Crippen LogP contribution in [0.25, 0.3) is 22.5 Å². The first-order valence-corrected chi connectivity index (χ1v) is 7.14. The molecule has 0 fully saturated rings. The number of nitriles is 1. The van der Waals surface area contributed by atoms with Gasteiger partial charge in [0.2, 0.25) is 5.95 Å². The molecule has 0 radical (unpaired) electrons. The maximum Gasteiger partial charge on any atom is 0.223 e. The molecule has 0 atom stereocenters. The van der Waals surface area contributed by atoms with E-state index in [0.717, 1.165) is 18.2 Å². The van der Waals surface area contributed by atoms with Crippen LogP contribution in [0.5, 0.6) is 0 Å². The van der Waals surface area contributed by atoms with Crippen LogP contribution in [0.2, 0.25) is 0 Å². The Morgan fingerprint density at radius 1 is 0.917 bits per heavy atom. The molecule has 3 aromatic rings. The molecule has 1 aromatic heterocycles. The number of benzene rings is 2. The van der Waals surface area contributed by atoms with E-state index >= 15 is 0 Å². The first-order chi connectivity index (χ1) is 11.6. The van der Waals surface area contributed by atoms with Gasteiger partial charge in [-0.2, -0.15) is 5.26 Å². The van der Waals surface area contributed by atoms with Crippen LogP contribution in [0.1, 0.15) is 5.56 Å². The zero-order valence-electron chi connectivity index (χ0n) is 12.7. The van der Waals surface area contributed by atoms with Crippen molar-refractivity contribution in [3.63, 3.8) is 0 Å². The largest absolute Gasteiger partial charge is 0.357 e. The molecule has 24 heavy (non-hydrogen) atoms. The normalized spacial score (nSPS) is 10.2. The minimum Gasteiger partial charge on any atom is -0.357 e. The third-order valence-electron chi connectivity index (χ3n) is 3.43. The average Bonchev–Trinajstić information content (AvgIpc) is 2.60. The van der Waals surface area contributed by atoms with E-state index in [1.54, 1.807) is 19.2 Å². The quantitative estimate of drug-likeness (QED) is 0.791. The second-order valence-electron chi connectivity index (χ2n) is 5.01. The number of aromatic nitrogens is 2. The van der Waals surface area contributed by atoms with Crippen LogP contribution in [0.4, 0.5) is 14.7 Å². The van der Waals surface area contributed by atoms with Crippen LogP contribution in [0, 0.1) is 23.0 Å². The molecule has 0 amide bonds. The molecule has 1 N–H and O–H groups in total. The van der Waals surface area contributed by atoms with E-state index in [2.05, 4.69) is 21.4 Å². The second kappa shape index (κ2) is 6.42. The Labute approximate surface area is 137 Å². The lowest BCUT2D eigenvalue weighted by molar-refractivity contribution is 0.584. The van der Waals surface area contributed by atoms with E-state index in [0.29, 0.717) is 11.3 Å². The summed E-state index contributed by atoms with van der Waals surface area (Å²) in [5, 5.41) is 12.4. The van der Waals surface area contributed by atoms with Crippen molar-refractivity contribution in [2.75, 3.05) is 12.4 Å². The molecule has 0 spiro atoms. The number of nitrogens with one attached hydrogen (secondary N) is 1. The minimum absolute atomic E-state index is 0.158. The van der Waals surface area contributed by atoms with Gasteiger partial charge in [-0.15, -0.1) is 0 Å². The minimum atomic E-state index is -0.736. The number of anilines is 1. The summed E-state index contributed by atoms with van der Waals surface area (Å²) in [5.74, 6) is -1.22. The number of hydrogen-bond donors (Lipinski definition) is 1. The van der Waals surface area contributed by atoms with Crippen molar-refractivity contribution in [1.82, 2.24) is 9.97 Å². The molecular formula is C18H12F2N4. The van der Waals surface area contributed by atoms with Gasteiger partial charge >= 0.3 is 0 Å². The fraction of sp³-hybridized carbons (Fsp3) is 0.0556. The van der Waals surface area contributed by atoms with E-state index in [-0.39, 0.29) is 22.8 Å². The van der Waals surface area contributed by atoms with Gasteiger partial charge in [0.15, 0.2) is 0 Å². The Kier molecular flexibility index (Phi) is 4.17. The zero-order chi connectivity index (χ0) is 17.1. The van der Waals surface area contributed by atoms with Crippen molar-refractivity contribution < 1.29 is 8.78 Å². The zero-order valence-corrected chi connectivity index (χ0v) is 12.7. The van der Waals surface area contributed by atoms with Crippen LogP contribution in [0.15, 0.2) is 48.5 Å². The molecule has 0 saturated carbocycles. The van der Waals surface area contributed by atoms with Gasteiger partial charge in [-0.3, -0.25) is 0 Å². The molecule has 0 saturated heterocycles. The maximum absolute atomic E-state index is 13.6. The third kappa shape index (κ3) is 2.92. The molecular weight excluding hydrogens is 310 g/mol. The predicted octanol–water partition coefficient (Wildman–Crippen LogP) is 4.00. The monoisotopic (exact) mass is 322 g/mol. The Balaban J connectivity index is 2.32. The highest BCUT2D eigenvalue weighted by Gasteiger charge is 2.18. The molecule has 0 bridgehead atoms. The number of hydrogen-bond acceptors (Lipinski definition) is 4. The summed E-state index contributed by atoms with van der Waals surface area (Å²) in [6.07, 6.45) is 0. The standard InChI is InChI=1S/C18H12F2N4/c1-22-18-23-16(11-5-3-2-4-6-11)15(10-21)17(24-18)12-7-13(19)9-14(20)8-12/h2-9H,1H3,(H,22,23,24). The molecule has 0 unspecified atom stereocenters. The van der Waals surface area contributed by atoms with Gasteiger partial charge in [0.05, 0.1) is 11.4 Å². The van der Waals surface area contributed by atoms with Crippen LogP contribution >= 0.6 is 0 Å². The van der Waals surface area contributed by atoms with Crippen LogP contribution in [-0.2, 0) is 0 Å². The summed E-state index contributed by atoms with van der Waals surface area (Å²) in [6.45, 7) is 0. The smallest absolute Gasteiger partial charge is 0.223 e. The summed E-state index contributed by atoms with van der Waals surface area (Å²) in [5.41, 5.74) is 1.63. The van der Waals surface area contributed by atoms with Gasteiger partial charge in [0, 0.05) is 24.2 Å². The molecule has 3 rings (SSSR count). The van der Waals surface area contributed by atoms with E-state index in [4.69, 9.17) is 0 Å². The lowest BCUT2D eigenvalue weighted by Gasteiger charge is -2.11. The molecule has 0 aliphatic heterocycles. The molecule has 4 nitrogen and oxygen atoms in total. The average molecular weight is 322 g/mol. The van der Waals surface area contributed by atoms with Crippen molar-refractivity contribution >= 4 is 5.95 Å². The summed E-state index contributed by atoms with van der Waals surface area (Å²) < 4.78 is 27.1. The Morgan fingerprint density at radius 2 is 1.50 bits per heavy atom. The lowest BCUT2D eigenvalue weighted by atomic mass is 10.0. The SMILES string of the molecule is CNc1nc(-c2ccccc2)c(C#N)c(-c2cc(F)cc(F)c2)n1. The van der Waals surface area contributed by atoms with Crippen LogP contribution < -0.4 is 5.32 Å². The van der Waals surface area contributed by atoms with E-state index in [1.165, 1.54) is 0 Å². The Bertz CT molecular complexity index is 913. The molecule has 6 heteroatoms. The first kappa shape index (κ1) is 15.6. The summed E-state index contributed by atoms with van der Waals surface area (Å²) in [7, 11) is 1.63. The van der Waals surface area contributed by atoms with E-state index in [9.17, 15) is 14.0 Å². The molecule has 2 aromatic carbocycles. The fourth-order valence-electron chi connectivity index (χ4n) is 2.38. The van der Waals surface area contributed by atoms with Crippen molar-refractivity contribution in [1.29, 1.82) is 5.26 Å². The maximum atomic E-state index is 13.6. The van der Waals surface area contributed by atoms with Crippen molar-refractivity contribution in [2.45, 2.75) is 0 Å². The number of nitrogens with zero attached hydrogens (tertiary/aromatic N) is 3. The number of rotatable bonds is 3. The Hall–Kier alpha value is -3.33. The number of halogens is 2. The summed E-state index contributed by atoms with van der Waals surface area (Å²) in [4.78, 5) is 8.55. The highest BCUT2D eigenvalue weighted by molar-refractivity contribution is 5.78. The molecule has 118 valence electrons. The lowest BCUT2D eigenvalue weighted by Crippen LogP contribution is -2.04. The highest BCUT2D eigenvalue weighted by atomic mass is 19.1. The summed E-state index contributed by atoms with van der Waals surface area (Å²) in [6, 6.07) is 14.2. The van der Waals surface area contributed by atoms with Crippen molar-refractivity contribution in [2.24, 2.45) is 0 Å². The molecule has 1 heterocycles. The second-order valence-corrected chi connectivity index (χ2v) is 5.01. The molecule has 0 aliphatic rings. The van der Waals surface area contributed by atoms with Gasteiger partial charge < -0.3 is 5.32 Å². The van der Waals surface area contributed by atoms with Crippen molar-refractivity contribution in [3.8, 4) is 28.6 Å². The van der Waals surface area contributed by atoms with Crippen LogP contribution in [-0.4, -0.2) is 17.0 Å². The van der Waals surface area contributed by atoms with E-state index < -0.39 is 11.6 Å². The fourth-order valence-corrected chi connectivity index (χ4v) is 2.38.